The number of carbonyl (C=O) groups is 1. The lowest BCUT2D eigenvalue weighted by Gasteiger charge is -2.12. The quantitative estimate of drug-likeness (QED) is 0.231. The number of rotatable bonds is 8. The number of aliphatic imine (C=N–C) groups is 1. The molecule has 0 saturated carbocycles. The van der Waals surface area contributed by atoms with Gasteiger partial charge in [-0.15, -0.1) is 35.3 Å². The molecule has 0 unspecified atom stereocenters. The zero-order chi connectivity index (χ0) is 17.9. The van der Waals surface area contributed by atoms with Crippen LogP contribution in [0.25, 0.3) is 0 Å². The third-order valence-electron chi connectivity index (χ3n) is 3.50. The minimum atomic E-state index is -0.124. The topological polar surface area (TPSA) is 74.8 Å². The molecule has 8 heteroatoms. The highest BCUT2D eigenvalue weighted by Gasteiger charge is 2.06. The maximum absolute atomic E-state index is 12.1. The van der Waals surface area contributed by atoms with E-state index in [-0.39, 0.29) is 29.9 Å². The van der Waals surface area contributed by atoms with Gasteiger partial charge in [-0.1, -0.05) is 12.1 Å². The van der Waals surface area contributed by atoms with Crippen molar-refractivity contribution in [1.82, 2.24) is 16.0 Å². The number of nitrogens with zero attached hydrogens (tertiary/aromatic N) is 1. The normalized spacial score (nSPS) is 10.6. The third kappa shape index (κ3) is 7.61. The Morgan fingerprint density at radius 3 is 2.58 bits per heavy atom. The lowest BCUT2D eigenvalue weighted by molar-refractivity contribution is 0.0954. The molecular weight excluding hydrogens is 463 g/mol. The smallest absolute Gasteiger partial charge is 0.251 e. The molecule has 0 saturated heterocycles. The van der Waals surface area contributed by atoms with Gasteiger partial charge in [0.05, 0.1) is 7.11 Å². The number of guanidine groups is 1. The van der Waals surface area contributed by atoms with Crippen molar-refractivity contribution >= 4 is 47.2 Å². The molecule has 2 rings (SSSR count). The number of hydrogen-bond donors (Lipinski definition) is 3. The van der Waals surface area contributed by atoms with Crippen molar-refractivity contribution in [3.63, 3.8) is 0 Å². The second-order valence-electron chi connectivity index (χ2n) is 5.24. The fourth-order valence-electron chi connectivity index (χ4n) is 2.20. The minimum absolute atomic E-state index is 0. The average molecular weight is 488 g/mol. The maximum Gasteiger partial charge on any atom is 0.251 e. The standard InChI is InChI=1S/C18H24N4O2S.HI/c1-19-18(21-9-8-16-7-4-12-25-16)22-11-10-20-17(23)14-5-3-6-15(13-14)24-2;/h3-7,12-13H,8-11H2,1-2H3,(H,20,23)(H2,19,21,22);1H. The van der Waals surface area contributed by atoms with Gasteiger partial charge in [0.25, 0.3) is 5.91 Å². The van der Waals surface area contributed by atoms with E-state index >= 15 is 0 Å². The van der Waals surface area contributed by atoms with E-state index in [4.69, 9.17) is 4.74 Å². The van der Waals surface area contributed by atoms with Crippen LogP contribution in [-0.4, -0.2) is 45.7 Å². The van der Waals surface area contributed by atoms with Gasteiger partial charge in [-0.2, -0.15) is 0 Å². The third-order valence-corrected chi connectivity index (χ3v) is 4.44. The van der Waals surface area contributed by atoms with Crippen molar-refractivity contribution in [2.75, 3.05) is 33.8 Å². The summed E-state index contributed by atoms with van der Waals surface area (Å²) in [5.74, 6) is 1.27. The summed E-state index contributed by atoms with van der Waals surface area (Å²) in [5.41, 5.74) is 0.581. The summed E-state index contributed by atoms with van der Waals surface area (Å²) in [4.78, 5) is 17.6. The molecule has 3 N–H and O–H groups in total. The molecule has 2 aromatic rings. The van der Waals surface area contributed by atoms with Crippen molar-refractivity contribution < 1.29 is 9.53 Å². The number of nitrogens with one attached hydrogen (secondary N) is 3. The summed E-state index contributed by atoms with van der Waals surface area (Å²) >= 11 is 1.75. The predicted molar refractivity (Wildman–Crippen MR) is 118 cm³/mol. The maximum atomic E-state index is 12.1. The molecule has 0 atom stereocenters. The molecule has 0 aliphatic carbocycles. The molecule has 0 spiro atoms. The van der Waals surface area contributed by atoms with E-state index in [1.54, 1.807) is 43.7 Å². The van der Waals surface area contributed by atoms with Gasteiger partial charge in [0.1, 0.15) is 5.75 Å². The minimum Gasteiger partial charge on any atom is -0.497 e. The van der Waals surface area contributed by atoms with Gasteiger partial charge in [0.2, 0.25) is 0 Å². The molecule has 1 amide bonds. The summed E-state index contributed by atoms with van der Waals surface area (Å²) in [6, 6.07) is 11.3. The number of carbonyl (C=O) groups excluding carboxylic acids is 1. The number of halogens is 1. The number of benzene rings is 1. The summed E-state index contributed by atoms with van der Waals surface area (Å²) in [7, 11) is 3.31. The van der Waals surface area contributed by atoms with Crippen LogP contribution in [-0.2, 0) is 6.42 Å². The van der Waals surface area contributed by atoms with Crippen LogP contribution in [0.15, 0.2) is 46.8 Å². The second kappa shape index (κ2) is 12.5. The molecule has 6 nitrogen and oxygen atoms in total. The largest absolute Gasteiger partial charge is 0.497 e. The fraction of sp³-hybridized carbons (Fsp3) is 0.333. The first-order chi connectivity index (χ1) is 12.2. The lowest BCUT2D eigenvalue weighted by atomic mass is 10.2. The van der Waals surface area contributed by atoms with Crippen LogP contribution >= 0.6 is 35.3 Å². The van der Waals surface area contributed by atoms with E-state index in [0.29, 0.717) is 24.4 Å². The van der Waals surface area contributed by atoms with E-state index in [1.165, 1.54) is 4.88 Å². The van der Waals surface area contributed by atoms with Gasteiger partial charge >= 0.3 is 0 Å². The highest BCUT2D eigenvalue weighted by Crippen LogP contribution is 2.12. The van der Waals surface area contributed by atoms with Crippen LogP contribution in [0.1, 0.15) is 15.2 Å². The van der Waals surface area contributed by atoms with E-state index in [9.17, 15) is 4.79 Å². The van der Waals surface area contributed by atoms with Gasteiger partial charge in [-0.3, -0.25) is 9.79 Å². The molecule has 0 fully saturated rings. The van der Waals surface area contributed by atoms with Gasteiger partial charge in [0.15, 0.2) is 5.96 Å². The van der Waals surface area contributed by atoms with Gasteiger partial charge in [-0.25, -0.2) is 0 Å². The molecule has 0 aliphatic heterocycles. The zero-order valence-electron chi connectivity index (χ0n) is 15.0. The molecule has 26 heavy (non-hydrogen) atoms. The summed E-state index contributed by atoms with van der Waals surface area (Å²) in [5, 5.41) is 11.4. The van der Waals surface area contributed by atoms with Crippen LogP contribution in [0, 0.1) is 0 Å². The van der Waals surface area contributed by atoms with Crippen molar-refractivity contribution in [3.05, 3.63) is 52.2 Å². The first-order valence-electron chi connectivity index (χ1n) is 8.12. The Morgan fingerprint density at radius 2 is 1.88 bits per heavy atom. The van der Waals surface area contributed by atoms with E-state index in [1.807, 2.05) is 6.07 Å². The van der Waals surface area contributed by atoms with E-state index in [2.05, 4.69) is 38.5 Å². The first-order valence-corrected chi connectivity index (χ1v) is 9.00. The average Bonchev–Trinajstić information content (AvgIpc) is 3.17. The van der Waals surface area contributed by atoms with E-state index in [0.717, 1.165) is 18.9 Å². The van der Waals surface area contributed by atoms with Crippen molar-refractivity contribution in [2.24, 2.45) is 4.99 Å². The number of ether oxygens (including phenoxy) is 1. The van der Waals surface area contributed by atoms with Crippen molar-refractivity contribution in [2.45, 2.75) is 6.42 Å². The summed E-state index contributed by atoms with van der Waals surface area (Å²) < 4.78 is 5.13. The summed E-state index contributed by atoms with van der Waals surface area (Å²) in [6.07, 6.45) is 0.963. The summed E-state index contributed by atoms with van der Waals surface area (Å²) in [6.45, 7) is 1.91. The number of methoxy groups -OCH3 is 1. The molecular formula is C18H25IN4O2S. The Balaban J connectivity index is 0.00000338. The Bertz CT molecular complexity index is 692. The molecule has 1 heterocycles. The SMILES string of the molecule is CN=C(NCCNC(=O)c1cccc(OC)c1)NCCc1cccs1.I. The first kappa shape index (κ1) is 22.2. The highest BCUT2D eigenvalue weighted by molar-refractivity contribution is 14.0. The molecule has 0 radical (unpaired) electrons. The number of thiophene rings is 1. The molecule has 1 aromatic heterocycles. The Labute approximate surface area is 175 Å². The zero-order valence-corrected chi connectivity index (χ0v) is 18.1. The van der Waals surface area contributed by atoms with Gasteiger partial charge in [0, 0.05) is 37.1 Å². The molecule has 1 aromatic carbocycles. The van der Waals surface area contributed by atoms with Crippen LogP contribution < -0.4 is 20.7 Å². The molecule has 0 bridgehead atoms. The highest BCUT2D eigenvalue weighted by atomic mass is 127. The van der Waals surface area contributed by atoms with Crippen LogP contribution in [0.3, 0.4) is 0 Å². The monoisotopic (exact) mass is 488 g/mol. The van der Waals surface area contributed by atoms with Crippen LogP contribution in [0.2, 0.25) is 0 Å². The van der Waals surface area contributed by atoms with E-state index < -0.39 is 0 Å². The Kier molecular flexibility index (Phi) is 10.7. The lowest BCUT2D eigenvalue weighted by Crippen LogP contribution is -2.42. The molecule has 0 aliphatic rings. The second-order valence-corrected chi connectivity index (χ2v) is 6.28. The number of hydrogen-bond acceptors (Lipinski definition) is 4. The van der Waals surface area contributed by atoms with Crippen molar-refractivity contribution in [3.8, 4) is 5.75 Å². The molecule has 142 valence electrons. The number of amides is 1. The fourth-order valence-corrected chi connectivity index (χ4v) is 2.91. The predicted octanol–water partition coefficient (Wildman–Crippen LogP) is 2.51. The Morgan fingerprint density at radius 1 is 1.12 bits per heavy atom. The van der Waals surface area contributed by atoms with Crippen LogP contribution in [0.4, 0.5) is 0 Å². The van der Waals surface area contributed by atoms with Gasteiger partial charge < -0.3 is 20.7 Å². The Hall–Kier alpha value is -1.81. The van der Waals surface area contributed by atoms with Crippen LogP contribution in [0.5, 0.6) is 5.75 Å². The van der Waals surface area contributed by atoms with Gasteiger partial charge in [-0.05, 0) is 36.1 Å². The van der Waals surface area contributed by atoms with Crippen molar-refractivity contribution in [1.29, 1.82) is 0 Å².